The largest absolute Gasteiger partial charge is 0.493 e. The minimum Gasteiger partial charge on any atom is -0.493 e. The molecule has 2 rings (SSSR count). The van der Waals surface area contributed by atoms with Gasteiger partial charge in [0.1, 0.15) is 11.8 Å². The average Bonchev–Trinajstić information content (AvgIpc) is 2.63. The van der Waals surface area contributed by atoms with E-state index in [1.54, 1.807) is 36.4 Å². The quantitative estimate of drug-likeness (QED) is 0.736. The Balaban J connectivity index is 2.19. The number of benzene rings is 2. The molecular weight excluding hydrogens is 364 g/mol. The Hall–Kier alpha value is -2.53. The molecule has 0 spiro atoms. The number of carbonyl (C=O) groups is 2. The van der Waals surface area contributed by atoms with Crippen LogP contribution in [-0.2, 0) is 4.79 Å². The highest BCUT2D eigenvalue weighted by atomic mass is 35.5. The number of halogens is 1. The van der Waals surface area contributed by atoms with Crippen LogP contribution in [0.25, 0.3) is 0 Å². The molecule has 0 aliphatic carbocycles. The fourth-order valence-corrected chi connectivity index (χ4v) is 2.80. The molecule has 0 saturated carbocycles. The molecule has 0 radical (unpaired) electrons. The second-order valence-corrected chi connectivity index (χ2v) is 7.01. The van der Waals surface area contributed by atoms with Crippen molar-refractivity contribution in [2.45, 2.75) is 33.7 Å². The van der Waals surface area contributed by atoms with E-state index in [0.717, 1.165) is 5.56 Å². The fraction of sp³-hybridized carbons (Fsp3) is 0.333. The van der Waals surface area contributed by atoms with Crippen LogP contribution in [0.2, 0.25) is 5.02 Å². The number of carbonyl (C=O) groups excluding carboxylic acids is 2. The van der Waals surface area contributed by atoms with Crippen LogP contribution in [0.15, 0.2) is 42.5 Å². The Morgan fingerprint density at radius 1 is 1.15 bits per heavy atom. The van der Waals surface area contributed by atoms with Crippen LogP contribution in [0.1, 0.15) is 36.7 Å². The summed E-state index contributed by atoms with van der Waals surface area (Å²) in [6, 6.07) is 11.6. The lowest BCUT2D eigenvalue weighted by atomic mass is 10.0. The summed E-state index contributed by atoms with van der Waals surface area (Å²) in [5.41, 5.74) is 1.92. The van der Waals surface area contributed by atoms with Gasteiger partial charge < -0.3 is 15.4 Å². The lowest BCUT2D eigenvalue weighted by Gasteiger charge is -2.23. The Bertz CT molecular complexity index is 821. The Kier molecular flexibility index (Phi) is 7.25. The van der Waals surface area contributed by atoms with E-state index in [1.165, 1.54) is 0 Å². The summed E-state index contributed by atoms with van der Waals surface area (Å²) < 4.78 is 5.51. The van der Waals surface area contributed by atoms with Crippen molar-refractivity contribution in [3.05, 3.63) is 58.6 Å². The van der Waals surface area contributed by atoms with Gasteiger partial charge in [0, 0.05) is 10.7 Å². The zero-order chi connectivity index (χ0) is 20.0. The van der Waals surface area contributed by atoms with Gasteiger partial charge in [-0.25, -0.2) is 0 Å². The molecule has 2 aromatic carbocycles. The van der Waals surface area contributed by atoms with Crippen molar-refractivity contribution in [3.8, 4) is 5.75 Å². The fourth-order valence-electron chi connectivity index (χ4n) is 2.63. The van der Waals surface area contributed by atoms with Gasteiger partial charge in [0.2, 0.25) is 5.91 Å². The first-order chi connectivity index (χ1) is 12.8. The number of hydrogen-bond donors (Lipinski definition) is 2. The standard InChI is InChI=1S/C21H25ClN2O3/c1-5-27-18-9-7-6-8-16(18)20(25)24-19(13(2)3)21(26)23-17-12-15(22)11-10-14(17)4/h6-13,19H,5H2,1-4H3,(H,23,26)(H,24,25)/t19-/m0/s1. The Morgan fingerprint density at radius 3 is 2.52 bits per heavy atom. The predicted octanol–water partition coefficient (Wildman–Crippen LogP) is 4.44. The van der Waals surface area contributed by atoms with Crippen LogP contribution in [0.4, 0.5) is 5.69 Å². The monoisotopic (exact) mass is 388 g/mol. The van der Waals surface area contributed by atoms with Gasteiger partial charge in [0.25, 0.3) is 5.91 Å². The third-order valence-electron chi connectivity index (χ3n) is 4.12. The van der Waals surface area contributed by atoms with Gasteiger partial charge in [-0.15, -0.1) is 0 Å². The maximum absolute atomic E-state index is 12.8. The molecule has 2 amide bonds. The number of rotatable bonds is 7. The van der Waals surface area contributed by atoms with E-state index < -0.39 is 6.04 Å². The summed E-state index contributed by atoms with van der Waals surface area (Å²) in [7, 11) is 0. The van der Waals surface area contributed by atoms with Crippen LogP contribution < -0.4 is 15.4 Å². The van der Waals surface area contributed by atoms with Crippen molar-refractivity contribution in [1.82, 2.24) is 5.32 Å². The number of ether oxygens (including phenoxy) is 1. The predicted molar refractivity (Wildman–Crippen MR) is 109 cm³/mol. The normalized spacial score (nSPS) is 11.8. The molecule has 0 aromatic heterocycles. The number of hydrogen-bond acceptors (Lipinski definition) is 3. The summed E-state index contributed by atoms with van der Waals surface area (Å²) in [6.07, 6.45) is 0. The molecule has 1 atom stereocenters. The molecule has 6 heteroatoms. The van der Waals surface area contributed by atoms with E-state index in [0.29, 0.717) is 28.6 Å². The molecule has 0 unspecified atom stereocenters. The molecule has 0 bridgehead atoms. The summed E-state index contributed by atoms with van der Waals surface area (Å²) in [5.74, 6) is -0.257. The van der Waals surface area contributed by atoms with Gasteiger partial charge in [0.05, 0.1) is 12.2 Å². The zero-order valence-electron chi connectivity index (χ0n) is 16.0. The van der Waals surface area contributed by atoms with Gasteiger partial charge in [-0.05, 0) is 49.6 Å². The van der Waals surface area contributed by atoms with Gasteiger partial charge in [-0.3, -0.25) is 9.59 Å². The number of para-hydroxylation sites is 1. The smallest absolute Gasteiger partial charge is 0.255 e. The average molecular weight is 389 g/mol. The molecule has 27 heavy (non-hydrogen) atoms. The molecule has 0 saturated heterocycles. The number of anilines is 1. The number of nitrogens with one attached hydrogen (secondary N) is 2. The van der Waals surface area contributed by atoms with E-state index in [-0.39, 0.29) is 17.7 Å². The minimum atomic E-state index is -0.703. The second-order valence-electron chi connectivity index (χ2n) is 6.57. The Labute approximate surface area is 165 Å². The molecule has 0 aliphatic rings. The van der Waals surface area contributed by atoms with E-state index >= 15 is 0 Å². The van der Waals surface area contributed by atoms with Gasteiger partial charge >= 0.3 is 0 Å². The van der Waals surface area contributed by atoms with Crippen molar-refractivity contribution in [1.29, 1.82) is 0 Å². The van der Waals surface area contributed by atoms with E-state index in [4.69, 9.17) is 16.3 Å². The molecule has 0 heterocycles. The van der Waals surface area contributed by atoms with Crippen molar-refractivity contribution in [2.75, 3.05) is 11.9 Å². The maximum Gasteiger partial charge on any atom is 0.255 e. The Morgan fingerprint density at radius 2 is 1.85 bits per heavy atom. The first kappa shape index (κ1) is 20.8. The maximum atomic E-state index is 12.8. The van der Waals surface area contributed by atoms with Crippen LogP contribution in [0.5, 0.6) is 5.75 Å². The lowest BCUT2D eigenvalue weighted by molar-refractivity contribution is -0.118. The van der Waals surface area contributed by atoms with Crippen LogP contribution in [0.3, 0.4) is 0 Å². The summed E-state index contributed by atoms with van der Waals surface area (Å²) in [5, 5.41) is 6.22. The topological polar surface area (TPSA) is 67.4 Å². The molecule has 5 nitrogen and oxygen atoms in total. The highest BCUT2D eigenvalue weighted by Crippen LogP contribution is 2.22. The van der Waals surface area contributed by atoms with Crippen molar-refractivity contribution >= 4 is 29.1 Å². The van der Waals surface area contributed by atoms with Crippen molar-refractivity contribution in [3.63, 3.8) is 0 Å². The van der Waals surface area contributed by atoms with Crippen LogP contribution >= 0.6 is 11.6 Å². The van der Waals surface area contributed by atoms with E-state index in [1.807, 2.05) is 33.8 Å². The third-order valence-corrected chi connectivity index (χ3v) is 4.36. The SMILES string of the molecule is CCOc1ccccc1C(=O)N[C@H](C(=O)Nc1cc(Cl)ccc1C)C(C)C. The summed E-state index contributed by atoms with van der Waals surface area (Å²) in [6.45, 7) is 7.94. The minimum absolute atomic E-state index is 0.104. The molecule has 0 aliphatic heterocycles. The van der Waals surface area contributed by atoms with E-state index in [2.05, 4.69) is 10.6 Å². The van der Waals surface area contributed by atoms with Crippen LogP contribution in [-0.4, -0.2) is 24.5 Å². The molecule has 144 valence electrons. The van der Waals surface area contributed by atoms with Gasteiger partial charge in [-0.1, -0.05) is 43.6 Å². The van der Waals surface area contributed by atoms with E-state index in [9.17, 15) is 9.59 Å². The molecule has 2 aromatic rings. The summed E-state index contributed by atoms with van der Waals surface area (Å²) >= 11 is 6.02. The molecule has 2 N–H and O–H groups in total. The van der Waals surface area contributed by atoms with Crippen molar-refractivity contribution in [2.24, 2.45) is 5.92 Å². The number of amides is 2. The first-order valence-electron chi connectivity index (χ1n) is 8.93. The summed E-state index contributed by atoms with van der Waals surface area (Å²) in [4.78, 5) is 25.5. The molecular formula is C21H25ClN2O3. The van der Waals surface area contributed by atoms with Crippen molar-refractivity contribution < 1.29 is 14.3 Å². The number of aryl methyl sites for hydroxylation is 1. The van der Waals surface area contributed by atoms with Crippen LogP contribution in [0, 0.1) is 12.8 Å². The second kappa shape index (κ2) is 9.42. The highest BCUT2D eigenvalue weighted by molar-refractivity contribution is 6.31. The zero-order valence-corrected chi connectivity index (χ0v) is 16.8. The highest BCUT2D eigenvalue weighted by Gasteiger charge is 2.26. The first-order valence-corrected chi connectivity index (χ1v) is 9.31. The lowest BCUT2D eigenvalue weighted by Crippen LogP contribution is -2.47. The molecule has 0 fully saturated rings. The third kappa shape index (κ3) is 5.47. The van der Waals surface area contributed by atoms with Gasteiger partial charge in [0.15, 0.2) is 0 Å². The van der Waals surface area contributed by atoms with Gasteiger partial charge in [-0.2, -0.15) is 0 Å².